The van der Waals surface area contributed by atoms with Gasteiger partial charge in [0.2, 0.25) is 0 Å². The third kappa shape index (κ3) is 3.53. The minimum atomic E-state index is -0.0163. The van der Waals surface area contributed by atoms with Gasteiger partial charge in [0.15, 0.2) is 0 Å². The quantitative estimate of drug-likeness (QED) is 0.873. The molecule has 1 nitrogen and oxygen atoms in total. The van der Waals surface area contributed by atoms with E-state index in [1.54, 1.807) is 0 Å². The molecule has 0 bridgehead atoms. The van der Waals surface area contributed by atoms with Crippen molar-refractivity contribution in [1.82, 2.24) is 0 Å². The van der Waals surface area contributed by atoms with E-state index in [9.17, 15) is 0 Å². The van der Waals surface area contributed by atoms with E-state index in [1.165, 1.54) is 0 Å². The molecule has 0 heterocycles. The van der Waals surface area contributed by atoms with Crippen molar-refractivity contribution in [3.8, 4) is 0 Å². The van der Waals surface area contributed by atoms with Crippen LogP contribution in [0.2, 0.25) is 0 Å². The van der Waals surface area contributed by atoms with Gasteiger partial charge in [-0.05, 0) is 11.1 Å². The average Bonchev–Trinajstić information content (AvgIpc) is 2.30. The highest BCUT2D eigenvalue weighted by molar-refractivity contribution is 5.85. The van der Waals surface area contributed by atoms with E-state index >= 15 is 0 Å². The highest BCUT2D eigenvalue weighted by atomic mass is 35.5. The van der Waals surface area contributed by atoms with Crippen LogP contribution in [0.3, 0.4) is 0 Å². The Labute approximate surface area is 108 Å². The Morgan fingerprint density at radius 3 is 1.25 bits per heavy atom. The van der Waals surface area contributed by atoms with Crippen LogP contribution in [-0.2, 0) is 0 Å². The first-order chi connectivity index (χ1) is 6.88. The summed E-state index contributed by atoms with van der Waals surface area (Å²) in [6.45, 7) is 0. The number of benzene rings is 2. The lowest BCUT2D eigenvalue weighted by molar-refractivity contribution is 0.871. The lowest BCUT2D eigenvalue weighted by Crippen LogP contribution is -2.11. The Bertz CT molecular complexity index is 350. The maximum atomic E-state index is 6.12. The van der Waals surface area contributed by atoms with E-state index in [1.807, 2.05) is 36.4 Å². The molecule has 0 aliphatic heterocycles. The molecule has 0 amide bonds. The van der Waals surface area contributed by atoms with Crippen LogP contribution in [0.4, 0.5) is 0 Å². The van der Waals surface area contributed by atoms with Crippen molar-refractivity contribution >= 4 is 24.8 Å². The number of nitrogens with two attached hydrogens (primary N) is 1. The molecule has 0 saturated carbocycles. The fraction of sp³-hybridized carbons (Fsp3) is 0.0769. The third-order valence-corrected chi connectivity index (χ3v) is 2.32. The van der Waals surface area contributed by atoms with Crippen molar-refractivity contribution in [3.05, 3.63) is 71.8 Å². The zero-order valence-corrected chi connectivity index (χ0v) is 10.4. The lowest BCUT2D eigenvalue weighted by atomic mass is 10.00. The van der Waals surface area contributed by atoms with Crippen molar-refractivity contribution in [1.29, 1.82) is 0 Å². The van der Waals surface area contributed by atoms with Crippen molar-refractivity contribution in [2.75, 3.05) is 0 Å². The van der Waals surface area contributed by atoms with Gasteiger partial charge in [-0.15, -0.1) is 24.8 Å². The summed E-state index contributed by atoms with van der Waals surface area (Å²) in [4.78, 5) is 0. The summed E-state index contributed by atoms with van der Waals surface area (Å²) < 4.78 is 0. The van der Waals surface area contributed by atoms with Gasteiger partial charge in [0.25, 0.3) is 0 Å². The molecule has 86 valence electrons. The van der Waals surface area contributed by atoms with Crippen LogP contribution in [0.5, 0.6) is 0 Å². The predicted octanol–water partition coefficient (Wildman–Crippen LogP) is 3.58. The highest BCUT2D eigenvalue weighted by Crippen LogP contribution is 2.18. The van der Waals surface area contributed by atoms with E-state index in [0.717, 1.165) is 11.1 Å². The van der Waals surface area contributed by atoms with Gasteiger partial charge in [-0.1, -0.05) is 60.7 Å². The van der Waals surface area contributed by atoms with Gasteiger partial charge >= 0.3 is 0 Å². The highest BCUT2D eigenvalue weighted by Gasteiger charge is 2.06. The molecule has 0 aromatic heterocycles. The molecule has 2 aromatic rings. The minimum absolute atomic E-state index is 0. The van der Waals surface area contributed by atoms with Gasteiger partial charge in [0.05, 0.1) is 6.04 Å². The first-order valence-electron chi connectivity index (χ1n) is 4.73. The Kier molecular flexibility index (Phi) is 6.82. The zero-order valence-electron chi connectivity index (χ0n) is 8.74. The average molecular weight is 256 g/mol. The largest absolute Gasteiger partial charge is 0.320 e. The van der Waals surface area contributed by atoms with E-state index < -0.39 is 0 Å². The maximum Gasteiger partial charge on any atom is 0.0551 e. The molecule has 0 radical (unpaired) electrons. The SMILES string of the molecule is Cl.Cl.NC(c1ccccc1)c1ccccc1. The molecule has 2 rings (SSSR count). The van der Waals surface area contributed by atoms with Crippen molar-refractivity contribution in [2.45, 2.75) is 6.04 Å². The van der Waals surface area contributed by atoms with Gasteiger partial charge in [0.1, 0.15) is 0 Å². The number of halogens is 2. The van der Waals surface area contributed by atoms with E-state index in [4.69, 9.17) is 5.73 Å². The molecule has 0 saturated heterocycles. The van der Waals surface area contributed by atoms with E-state index in [0.29, 0.717) is 0 Å². The monoisotopic (exact) mass is 255 g/mol. The summed E-state index contributed by atoms with van der Waals surface area (Å²) in [7, 11) is 0. The second kappa shape index (κ2) is 7.29. The van der Waals surface area contributed by atoms with E-state index in [-0.39, 0.29) is 30.9 Å². The van der Waals surface area contributed by atoms with Crippen LogP contribution in [0.1, 0.15) is 17.2 Å². The summed E-state index contributed by atoms with van der Waals surface area (Å²) >= 11 is 0. The summed E-state index contributed by atoms with van der Waals surface area (Å²) in [6.07, 6.45) is 0. The topological polar surface area (TPSA) is 26.0 Å². The van der Waals surface area contributed by atoms with E-state index in [2.05, 4.69) is 24.3 Å². The van der Waals surface area contributed by atoms with Crippen molar-refractivity contribution in [3.63, 3.8) is 0 Å². The van der Waals surface area contributed by atoms with Gasteiger partial charge < -0.3 is 5.73 Å². The predicted molar refractivity (Wildman–Crippen MR) is 73.4 cm³/mol. The third-order valence-electron chi connectivity index (χ3n) is 2.32. The summed E-state index contributed by atoms with van der Waals surface area (Å²) in [6, 6.07) is 20.2. The van der Waals surface area contributed by atoms with Crippen LogP contribution < -0.4 is 5.73 Å². The summed E-state index contributed by atoms with van der Waals surface area (Å²) in [5, 5.41) is 0. The van der Waals surface area contributed by atoms with Gasteiger partial charge in [0, 0.05) is 0 Å². The number of hydrogen-bond donors (Lipinski definition) is 1. The Morgan fingerprint density at radius 2 is 0.938 bits per heavy atom. The molecule has 0 atom stereocenters. The normalized spacial score (nSPS) is 9.12. The molecular formula is C13H15Cl2N. The molecule has 0 unspecified atom stereocenters. The summed E-state index contributed by atoms with van der Waals surface area (Å²) in [5.74, 6) is 0. The molecule has 2 N–H and O–H groups in total. The number of hydrogen-bond acceptors (Lipinski definition) is 1. The standard InChI is InChI=1S/C13H13N.2ClH/c14-13(11-7-3-1-4-8-11)12-9-5-2-6-10-12;;/h1-10,13H,14H2;2*1H. The van der Waals surface area contributed by atoms with Crippen LogP contribution >= 0.6 is 24.8 Å². The van der Waals surface area contributed by atoms with Gasteiger partial charge in [-0.25, -0.2) is 0 Å². The molecule has 0 aliphatic carbocycles. The minimum Gasteiger partial charge on any atom is -0.320 e. The van der Waals surface area contributed by atoms with Crippen LogP contribution in [-0.4, -0.2) is 0 Å². The van der Waals surface area contributed by atoms with Gasteiger partial charge in [-0.3, -0.25) is 0 Å². The van der Waals surface area contributed by atoms with Crippen LogP contribution in [0.15, 0.2) is 60.7 Å². The van der Waals surface area contributed by atoms with Crippen LogP contribution in [0.25, 0.3) is 0 Å². The molecule has 0 spiro atoms. The smallest absolute Gasteiger partial charge is 0.0551 e. The Morgan fingerprint density at radius 1 is 0.625 bits per heavy atom. The molecular weight excluding hydrogens is 241 g/mol. The second-order valence-corrected chi connectivity index (χ2v) is 3.30. The molecule has 2 aromatic carbocycles. The summed E-state index contributed by atoms with van der Waals surface area (Å²) in [5.41, 5.74) is 8.42. The molecule has 0 aliphatic rings. The fourth-order valence-corrected chi connectivity index (χ4v) is 1.51. The Balaban J connectivity index is 0.00000112. The maximum absolute atomic E-state index is 6.12. The lowest BCUT2D eigenvalue weighted by Gasteiger charge is -2.11. The molecule has 0 fully saturated rings. The molecule has 3 heteroatoms. The Hall–Kier alpha value is -1.02. The molecule has 16 heavy (non-hydrogen) atoms. The first kappa shape index (κ1) is 15.0. The van der Waals surface area contributed by atoms with Crippen molar-refractivity contribution in [2.24, 2.45) is 5.73 Å². The second-order valence-electron chi connectivity index (χ2n) is 3.30. The number of rotatable bonds is 2. The van der Waals surface area contributed by atoms with Gasteiger partial charge in [-0.2, -0.15) is 0 Å². The van der Waals surface area contributed by atoms with Crippen LogP contribution in [0, 0.1) is 0 Å². The fourth-order valence-electron chi connectivity index (χ4n) is 1.51. The zero-order chi connectivity index (χ0) is 9.80. The van der Waals surface area contributed by atoms with Crippen molar-refractivity contribution < 1.29 is 0 Å². The first-order valence-corrected chi connectivity index (χ1v) is 4.73.